The summed E-state index contributed by atoms with van der Waals surface area (Å²) in [6, 6.07) is 7.09. The summed E-state index contributed by atoms with van der Waals surface area (Å²) in [4.78, 5) is 28.7. The van der Waals surface area contributed by atoms with Gasteiger partial charge in [0.15, 0.2) is 0 Å². The van der Waals surface area contributed by atoms with Gasteiger partial charge in [0.25, 0.3) is 0 Å². The fourth-order valence-electron chi connectivity index (χ4n) is 2.72. The molecule has 0 saturated heterocycles. The molecule has 0 amide bonds. The highest BCUT2D eigenvalue weighted by Crippen LogP contribution is 2.35. The lowest BCUT2D eigenvalue weighted by molar-refractivity contribution is 0.0691. The second kappa shape index (κ2) is 12.2. The number of benzene rings is 1. The number of methoxy groups -OCH3 is 2. The average Bonchev–Trinajstić information content (AvgIpc) is 2.85. The normalized spacial score (nSPS) is 10.4. The molecule has 35 heavy (non-hydrogen) atoms. The second-order valence-corrected chi connectivity index (χ2v) is 6.90. The summed E-state index contributed by atoms with van der Waals surface area (Å²) in [5.74, 6) is -0.634. The molecule has 0 unspecified atom stereocenters. The maximum atomic E-state index is 12.1. The van der Waals surface area contributed by atoms with Crippen LogP contribution in [0.25, 0.3) is 0 Å². The molecule has 0 atom stereocenters. The monoisotopic (exact) mass is 486 g/mol. The van der Waals surface area contributed by atoms with Gasteiger partial charge in [-0.15, -0.1) is 0 Å². The molecule has 0 aliphatic rings. The smallest absolute Gasteiger partial charge is 0.343 e. The Morgan fingerprint density at radius 2 is 1.20 bits per heavy atom. The highest BCUT2D eigenvalue weighted by Gasteiger charge is 2.22. The van der Waals surface area contributed by atoms with Crippen LogP contribution < -0.4 is 28.4 Å². The molecule has 0 fully saturated rings. The number of nitrogens with zero attached hydrogens (tertiary/aromatic N) is 4. The van der Waals surface area contributed by atoms with Gasteiger partial charge in [-0.2, -0.15) is 19.9 Å². The van der Waals surface area contributed by atoms with Crippen molar-refractivity contribution in [1.82, 2.24) is 19.9 Å². The summed E-state index contributed by atoms with van der Waals surface area (Å²) in [5, 5.41) is 9.91. The molecule has 0 spiro atoms. The van der Waals surface area contributed by atoms with E-state index in [2.05, 4.69) is 19.9 Å². The molecule has 0 aliphatic carbocycles. The minimum absolute atomic E-state index is 0.0740. The topological polar surface area (TPSA) is 144 Å². The van der Waals surface area contributed by atoms with Crippen LogP contribution >= 0.6 is 0 Å². The number of rotatable bonds is 13. The molecule has 1 aromatic carbocycles. The molecule has 186 valence electrons. The van der Waals surface area contributed by atoms with Gasteiger partial charge in [-0.1, -0.05) is 19.9 Å². The number of hydrogen-bond acceptors (Lipinski definition) is 11. The van der Waals surface area contributed by atoms with Crippen molar-refractivity contribution in [2.45, 2.75) is 26.7 Å². The lowest BCUT2D eigenvalue weighted by Gasteiger charge is -2.13. The fraction of sp³-hybridized carbons (Fsp3) is 0.348. The van der Waals surface area contributed by atoms with Crippen molar-refractivity contribution in [3.05, 3.63) is 35.9 Å². The minimum Gasteiger partial charge on any atom is -0.481 e. The Morgan fingerprint density at radius 1 is 0.771 bits per heavy atom. The van der Waals surface area contributed by atoms with Gasteiger partial charge in [0, 0.05) is 0 Å². The summed E-state index contributed by atoms with van der Waals surface area (Å²) in [6.45, 7) is 4.75. The predicted molar refractivity (Wildman–Crippen MR) is 122 cm³/mol. The Balaban J connectivity index is 1.95. The first-order chi connectivity index (χ1) is 17.0. The highest BCUT2D eigenvalue weighted by molar-refractivity contribution is 5.94. The largest absolute Gasteiger partial charge is 0.481 e. The predicted octanol–water partition coefficient (Wildman–Crippen LogP) is 4.14. The zero-order chi connectivity index (χ0) is 25.2. The molecule has 2 heterocycles. The molecule has 0 aliphatic heterocycles. The van der Waals surface area contributed by atoms with E-state index < -0.39 is 5.97 Å². The molecule has 12 nitrogen and oxygen atoms in total. The Labute approximate surface area is 201 Å². The molecule has 3 rings (SSSR count). The van der Waals surface area contributed by atoms with Crippen LogP contribution in [0.1, 0.15) is 37.0 Å². The van der Waals surface area contributed by atoms with Crippen molar-refractivity contribution < 1.29 is 38.3 Å². The third kappa shape index (κ3) is 6.82. The van der Waals surface area contributed by atoms with E-state index in [1.807, 2.05) is 13.8 Å². The van der Waals surface area contributed by atoms with Gasteiger partial charge in [-0.05, 0) is 25.0 Å². The van der Waals surface area contributed by atoms with Crippen molar-refractivity contribution in [3.8, 4) is 47.0 Å². The molecule has 3 aromatic rings. The van der Waals surface area contributed by atoms with Gasteiger partial charge in [-0.25, -0.2) is 4.79 Å². The molecular formula is C23H26N4O8. The van der Waals surface area contributed by atoms with E-state index in [1.54, 1.807) is 6.07 Å². The van der Waals surface area contributed by atoms with Crippen molar-refractivity contribution in [2.24, 2.45) is 0 Å². The highest BCUT2D eigenvalue weighted by atomic mass is 16.5. The first-order valence-electron chi connectivity index (χ1n) is 10.8. The molecule has 12 heteroatoms. The van der Waals surface area contributed by atoms with Crippen LogP contribution in [-0.4, -0.2) is 58.4 Å². The van der Waals surface area contributed by atoms with E-state index in [-0.39, 0.29) is 52.6 Å². The van der Waals surface area contributed by atoms with E-state index >= 15 is 0 Å². The summed E-state index contributed by atoms with van der Waals surface area (Å²) in [5.41, 5.74) is -0.294. The molecule has 1 N–H and O–H groups in total. The van der Waals surface area contributed by atoms with Crippen molar-refractivity contribution in [3.63, 3.8) is 0 Å². The van der Waals surface area contributed by atoms with Crippen LogP contribution in [0.4, 0.5) is 0 Å². The van der Waals surface area contributed by atoms with Crippen molar-refractivity contribution in [2.75, 3.05) is 27.4 Å². The Kier molecular flexibility index (Phi) is 8.82. The Hall–Kier alpha value is -4.35. The maximum absolute atomic E-state index is 12.1. The molecule has 0 saturated carbocycles. The van der Waals surface area contributed by atoms with Crippen LogP contribution in [0.15, 0.2) is 30.3 Å². The Bertz CT molecular complexity index is 1080. The second-order valence-electron chi connectivity index (χ2n) is 6.90. The summed E-state index contributed by atoms with van der Waals surface area (Å²) >= 11 is 0. The number of ether oxygens (including phenoxy) is 6. The maximum Gasteiger partial charge on any atom is 0.343 e. The third-order valence-corrected chi connectivity index (χ3v) is 4.25. The lowest BCUT2D eigenvalue weighted by Crippen LogP contribution is -2.07. The van der Waals surface area contributed by atoms with Crippen molar-refractivity contribution >= 4 is 5.97 Å². The quantitative estimate of drug-likeness (QED) is 0.370. The molecule has 0 radical (unpaired) electrons. The molecule has 2 aromatic heterocycles. The summed E-state index contributed by atoms with van der Waals surface area (Å²) in [7, 11) is 2.86. The number of carboxylic acids is 1. The van der Waals surface area contributed by atoms with Gasteiger partial charge in [-0.3, -0.25) is 0 Å². The van der Waals surface area contributed by atoms with Gasteiger partial charge < -0.3 is 33.5 Å². The Morgan fingerprint density at radius 3 is 1.57 bits per heavy atom. The van der Waals surface area contributed by atoms with Crippen LogP contribution in [0.3, 0.4) is 0 Å². The van der Waals surface area contributed by atoms with Gasteiger partial charge >= 0.3 is 18.0 Å². The summed E-state index contributed by atoms with van der Waals surface area (Å²) in [6.07, 6.45) is 1.53. The number of aromatic nitrogens is 4. The average molecular weight is 486 g/mol. The lowest BCUT2D eigenvalue weighted by atomic mass is 10.2. The van der Waals surface area contributed by atoms with Crippen LogP contribution in [0.5, 0.6) is 47.0 Å². The van der Waals surface area contributed by atoms with E-state index in [4.69, 9.17) is 28.4 Å². The molecular weight excluding hydrogens is 460 g/mol. The first-order valence-corrected chi connectivity index (χ1v) is 10.8. The number of carboxylic acid groups (broad SMARTS) is 1. The van der Waals surface area contributed by atoms with Crippen LogP contribution in [0.2, 0.25) is 0 Å². The zero-order valence-corrected chi connectivity index (χ0v) is 19.8. The van der Waals surface area contributed by atoms with E-state index in [1.165, 1.54) is 38.5 Å². The number of carbonyl (C=O) groups is 1. The summed E-state index contributed by atoms with van der Waals surface area (Å²) < 4.78 is 32.8. The minimum atomic E-state index is -1.31. The van der Waals surface area contributed by atoms with Crippen molar-refractivity contribution in [1.29, 1.82) is 0 Å². The van der Waals surface area contributed by atoms with Gasteiger partial charge in [0.2, 0.25) is 23.5 Å². The van der Waals surface area contributed by atoms with Gasteiger partial charge in [0.1, 0.15) is 17.1 Å². The van der Waals surface area contributed by atoms with E-state index in [0.717, 1.165) is 12.8 Å². The fourth-order valence-corrected chi connectivity index (χ4v) is 2.72. The third-order valence-electron chi connectivity index (χ3n) is 4.25. The first kappa shape index (κ1) is 25.3. The standard InChI is InChI=1S/C23H26N4O8/c1-5-10-32-18-12-16(30-3)24-22(26-18)34-14-8-7-9-15(20(14)21(28)29)35-23-25-17(31-4)13-19(27-23)33-11-6-2/h7-9,12-13H,5-6,10-11H2,1-4H3,(H,28,29). The zero-order valence-electron chi connectivity index (χ0n) is 19.8. The van der Waals surface area contributed by atoms with Crippen LogP contribution in [-0.2, 0) is 0 Å². The number of aromatic carboxylic acids is 1. The van der Waals surface area contributed by atoms with Gasteiger partial charge in [0.05, 0.1) is 39.6 Å². The van der Waals surface area contributed by atoms with E-state index in [0.29, 0.717) is 13.2 Å². The SMILES string of the molecule is CCCOc1cc(OC)nc(Oc2cccc(Oc3nc(OC)cc(OCCC)n3)c2C(=O)O)n1. The molecule has 0 bridgehead atoms. The number of hydrogen-bond donors (Lipinski definition) is 1. The van der Waals surface area contributed by atoms with Crippen LogP contribution in [0, 0.1) is 0 Å². The van der Waals surface area contributed by atoms with E-state index in [9.17, 15) is 9.90 Å².